The molecule has 21 heavy (non-hydrogen) atoms. The quantitative estimate of drug-likeness (QED) is 0.673. The van der Waals surface area contributed by atoms with E-state index in [-0.39, 0.29) is 4.90 Å². The summed E-state index contributed by atoms with van der Waals surface area (Å²) in [7, 11) is -3.53. The Morgan fingerprint density at radius 3 is 2.43 bits per heavy atom. The molecule has 0 spiro atoms. The maximum absolute atomic E-state index is 12.4. The molecule has 0 aromatic carbocycles. The van der Waals surface area contributed by atoms with Crippen LogP contribution in [0.3, 0.4) is 0 Å². The van der Waals surface area contributed by atoms with Crippen molar-refractivity contribution in [1.29, 1.82) is 0 Å². The van der Waals surface area contributed by atoms with Crippen molar-refractivity contribution in [1.82, 2.24) is 19.4 Å². The fourth-order valence-corrected chi connectivity index (χ4v) is 3.79. The molecule has 0 aliphatic heterocycles. The van der Waals surface area contributed by atoms with Crippen LogP contribution < -0.4 is 10.5 Å². The predicted octanol–water partition coefficient (Wildman–Crippen LogP) is 0.0787. The topological polar surface area (TPSA) is 93.2 Å². The van der Waals surface area contributed by atoms with Crippen LogP contribution >= 0.6 is 0 Å². The van der Waals surface area contributed by atoms with Gasteiger partial charge in [-0.2, -0.15) is 5.10 Å². The van der Waals surface area contributed by atoms with Crippen LogP contribution in [-0.2, 0) is 16.6 Å². The highest BCUT2D eigenvalue weighted by Crippen LogP contribution is 2.18. The molecule has 0 saturated heterocycles. The Hall–Kier alpha value is -0.960. The first-order valence-corrected chi connectivity index (χ1v) is 8.81. The van der Waals surface area contributed by atoms with Gasteiger partial charge in [0, 0.05) is 19.6 Å². The van der Waals surface area contributed by atoms with Crippen molar-refractivity contribution in [3.63, 3.8) is 0 Å². The van der Waals surface area contributed by atoms with Crippen LogP contribution in [0.2, 0.25) is 0 Å². The molecular formula is C13H27N5O2S. The summed E-state index contributed by atoms with van der Waals surface area (Å²) in [4.78, 5) is 2.44. The number of rotatable bonds is 9. The Labute approximate surface area is 127 Å². The maximum Gasteiger partial charge on any atom is 0.244 e. The summed E-state index contributed by atoms with van der Waals surface area (Å²) in [6.45, 7) is 11.4. The lowest BCUT2D eigenvalue weighted by molar-refractivity contribution is 0.309. The standard InChI is InChI=1S/C13H27N5O2S/c1-5-17(6-2)10-8-15-21(19,20)13-11(3)16-18(9-7-14)12(13)4/h15H,5-10,14H2,1-4H3. The molecule has 8 heteroatoms. The average molecular weight is 317 g/mol. The highest BCUT2D eigenvalue weighted by atomic mass is 32.2. The maximum atomic E-state index is 12.4. The van der Waals surface area contributed by atoms with Gasteiger partial charge in [0.1, 0.15) is 4.90 Å². The van der Waals surface area contributed by atoms with Crippen molar-refractivity contribution in [3.05, 3.63) is 11.4 Å². The van der Waals surface area contributed by atoms with E-state index in [2.05, 4.69) is 28.6 Å². The highest BCUT2D eigenvalue weighted by molar-refractivity contribution is 7.89. The Morgan fingerprint density at radius 2 is 1.90 bits per heavy atom. The van der Waals surface area contributed by atoms with Crippen molar-refractivity contribution in [3.8, 4) is 0 Å². The molecule has 0 bridgehead atoms. The molecule has 122 valence electrons. The van der Waals surface area contributed by atoms with Crippen molar-refractivity contribution in [2.75, 3.05) is 32.7 Å². The molecule has 0 saturated carbocycles. The number of nitrogens with one attached hydrogen (secondary N) is 1. The van der Waals surface area contributed by atoms with Crippen LogP contribution in [0.1, 0.15) is 25.2 Å². The number of hydrogen-bond donors (Lipinski definition) is 2. The van der Waals surface area contributed by atoms with E-state index in [4.69, 9.17) is 5.73 Å². The molecule has 0 fully saturated rings. The van der Waals surface area contributed by atoms with Crippen LogP contribution in [0.15, 0.2) is 4.90 Å². The van der Waals surface area contributed by atoms with E-state index in [0.717, 1.165) is 13.1 Å². The van der Waals surface area contributed by atoms with Gasteiger partial charge in [-0.25, -0.2) is 13.1 Å². The Kier molecular flexibility index (Phi) is 6.79. The van der Waals surface area contributed by atoms with Gasteiger partial charge in [-0.05, 0) is 26.9 Å². The first-order chi connectivity index (χ1) is 9.87. The van der Waals surface area contributed by atoms with Crippen molar-refractivity contribution >= 4 is 10.0 Å². The van der Waals surface area contributed by atoms with Gasteiger partial charge in [0.25, 0.3) is 0 Å². The molecule has 0 aliphatic rings. The molecule has 0 aliphatic carbocycles. The third kappa shape index (κ3) is 4.50. The van der Waals surface area contributed by atoms with Crippen LogP contribution in [-0.4, -0.2) is 55.8 Å². The van der Waals surface area contributed by atoms with Crippen LogP contribution in [0.25, 0.3) is 0 Å². The number of sulfonamides is 1. The van der Waals surface area contributed by atoms with Gasteiger partial charge in [0.05, 0.1) is 17.9 Å². The first kappa shape index (κ1) is 18.1. The van der Waals surface area contributed by atoms with Gasteiger partial charge in [0.2, 0.25) is 10.0 Å². The molecular weight excluding hydrogens is 290 g/mol. The molecule has 1 aromatic heterocycles. The van der Waals surface area contributed by atoms with Crippen LogP contribution in [0, 0.1) is 13.8 Å². The average Bonchev–Trinajstić information content (AvgIpc) is 2.70. The predicted molar refractivity (Wildman–Crippen MR) is 83.7 cm³/mol. The minimum absolute atomic E-state index is 0.274. The van der Waals surface area contributed by atoms with Crippen molar-refractivity contribution < 1.29 is 8.42 Å². The van der Waals surface area contributed by atoms with Gasteiger partial charge >= 0.3 is 0 Å². The third-order valence-corrected chi connectivity index (χ3v) is 5.25. The summed E-state index contributed by atoms with van der Waals surface area (Å²) >= 11 is 0. The molecule has 3 N–H and O–H groups in total. The van der Waals surface area contributed by atoms with E-state index in [9.17, 15) is 8.42 Å². The number of aryl methyl sites for hydroxylation is 1. The number of aromatic nitrogens is 2. The zero-order chi connectivity index (χ0) is 16.0. The number of nitrogens with two attached hydrogens (primary N) is 1. The summed E-state index contributed by atoms with van der Waals surface area (Å²) in [6, 6.07) is 0. The van der Waals surface area contributed by atoms with E-state index in [0.29, 0.717) is 37.6 Å². The largest absolute Gasteiger partial charge is 0.329 e. The van der Waals surface area contributed by atoms with Gasteiger partial charge in [-0.3, -0.25) is 4.68 Å². The normalized spacial score (nSPS) is 12.3. The van der Waals surface area contributed by atoms with E-state index < -0.39 is 10.0 Å². The summed E-state index contributed by atoms with van der Waals surface area (Å²) in [5.74, 6) is 0. The second-order valence-corrected chi connectivity index (χ2v) is 6.64. The lowest BCUT2D eigenvalue weighted by Gasteiger charge is -2.18. The SMILES string of the molecule is CCN(CC)CCNS(=O)(=O)c1c(C)nn(CCN)c1C. The van der Waals surface area contributed by atoms with Crippen LogP contribution in [0.4, 0.5) is 0 Å². The van der Waals surface area contributed by atoms with E-state index in [1.54, 1.807) is 18.5 Å². The molecule has 0 atom stereocenters. The molecule has 0 amide bonds. The lowest BCUT2D eigenvalue weighted by atomic mass is 10.4. The number of hydrogen-bond acceptors (Lipinski definition) is 5. The molecule has 1 rings (SSSR count). The summed E-state index contributed by atoms with van der Waals surface area (Å²) in [6.07, 6.45) is 0. The summed E-state index contributed by atoms with van der Waals surface area (Å²) < 4.78 is 29.2. The summed E-state index contributed by atoms with van der Waals surface area (Å²) in [5.41, 5.74) is 6.65. The fourth-order valence-electron chi connectivity index (χ4n) is 2.36. The van der Waals surface area contributed by atoms with E-state index >= 15 is 0 Å². The van der Waals surface area contributed by atoms with Gasteiger partial charge in [0.15, 0.2) is 0 Å². The van der Waals surface area contributed by atoms with Crippen molar-refractivity contribution in [2.24, 2.45) is 5.73 Å². The molecule has 1 aromatic rings. The zero-order valence-electron chi connectivity index (χ0n) is 13.4. The molecule has 0 unspecified atom stereocenters. The van der Waals surface area contributed by atoms with Crippen LogP contribution in [0.5, 0.6) is 0 Å². The third-order valence-electron chi connectivity index (χ3n) is 3.54. The first-order valence-electron chi connectivity index (χ1n) is 7.33. The van der Waals surface area contributed by atoms with Gasteiger partial charge in [-0.1, -0.05) is 13.8 Å². The van der Waals surface area contributed by atoms with E-state index in [1.807, 2.05) is 0 Å². The monoisotopic (exact) mass is 317 g/mol. The van der Waals surface area contributed by atoms with E-state index in [1.165, 1.54) is 0 Å². The number of nitrogens with zero attached hydrogens (tertiary/aromatic N) is 3. The minimum Gasteiger partial charge on any atom is -0.329 e. The Balaban J connectivity index is 2.83. The van der Waals surface area contributed by atoms with Gasteiger partial charge < -0.3 is 10.6 Å². The Bertz CT molecular complexity index is 549. The molecule has 7 nitrogen and oxygen atoms in total. The van der Waals surface area contributed by atoms with Crippen molar-refractivity contribution in [2.45, 2.75) is 39.1 Å². The highest BCUT2D eigenvalue weighted by Gasteiger charge is 2.24. The second kappa shape index (κ2) is 7.88. The second-order valence-electron chi connectivity index (χ2n) is 4.94. The minimum atomic E-state index is -3.53. The smallest absolute Gasteiger partial charge is 0.244 e. The fraction of sp³-hybridized carbons (Fsp3) is 0.769. The molecule has 0 radical (unpaired) electrons. The van der Waals surface area contributed by atoms with Gasteiger partial charge in [-0.15, -0.1) is 0 Å². The number of likely N-dealkylation sites (N-methyl/N-ethyl adjacent to an activating group) is 1. The zero-order valence-corrected chi connectivity index (χ0v) is 14.2. The molecule has 1 heterocycles. The Morgan fingerprint density at radius 1 is 1.29 bits per heavy atom. The summed E-state index contributed by atoms with van der Waals surface area (Å²) in [5, 5.41) is 4.25. The lowest BCUT2D eigenvalue weighted by Crippen LogP contribution is -2.35.